The molecule has 0 spiro atoms. The second kappa shape index (κ2) is 5.22. The number of halogens is 1. The maximum atomic E-state index is 13.9. The monoisotopic (exact) mass is 286 g/mol. The summed E-state index contributed by atoms with van der Waals surface area (Å²) in [6, 6.07) is 5.91. The van der Waals surface area contributed by atoms with Crippen LogP contribution in [0.2, 0.25) is 0 Å². The lowest BCUT2D eigenvalue weighted by Crippen LogP contribution is -2.32. The molecule has 4 rings (SSSR count). The molecule has 0 bridgehead atoms. The fourth-order valence-corrected chi connectivity index (χ4v) is 3.24. The molecule has 0 atom stereocenters. The maximum absolute atomic E-state index is 13.9. The van der Waals surface area contributed by atoms with Crippen LogP contribution >= 0.6 is 0 Å². The van der Waals surface area contributed by atoms with Crippen LogP contribution < -0.4 is 4.90 Å². The second-order valence-corrected chi connectivity index (χ2v) is 5.94. The zero-order valence-electron chi connectivity index (χ0n) is 12.0. The van der Waals surface area contributed by atoms with E-state index < -0.39 is 0 Å². The Morgan fingerprint density at radius 3 is 2.81 bits per heavy atom. The maximum Gasteiger partial charge on any atom is 0.149 e. The van der Waals surface area contributed by atoms with Gasteiger partial charge in [0.1, 0.15) is 23.5 Å². The van der Waals surface area contributed by atoms with Gasteiger partial charge in [0.15, 0.2) is 0 Å². The van der Waals surface area contributed by atoms with Crippen molar-refractivity contribution in [3.8, 4) is 0 Å². The van der Waals surface area contributed by atoms with Crippen LogP contribution in [0.5, 0.6) is 0 Å². The number of rotatable bonds is 2. The largest absolute Gasteiger partial charge is 0.355 e. The summed E-state index contributed by atoms with van der Waals surface area (Å²) in [4.78, 5) is 13.4. The summed E-state index contributed by atoms with van der Waals surface area (Å²) in [5.74, 6) is 0.600. The van der Waals surface area contributed by atoms with Crippen LogP contribution in [0, 0.1) is 5.82 Å². The minimum absolute atomic E-state index is 0.273. The lowest BCUT2D eigenvalue weighted by molar-refractivity contribution is 0.283. The first kappa shape index (κ1) is 13.0. The van der Waals surface area contributed by atoms with Crippen LogP contribution in [0.3, 0.4) is 0 Å². The summed E-state index contributed by atoms with van der Waals surface area (Å²) in [5, 5.41) is 0.817. The van der Waals surface area contributed by atoms with Gasteiger partial charge in [-0.3, -0.25) is 4.90 Å². The van der Waals surface area contributed by atoms with Gasteiger partial charge in [-0.15, -0.1) is 0 Å². The van der Waals surface area contributed by atoms with E-state index in [9.17, 15) is 4.39 Å². The number of aromatic nitrogens is 2. The molecule has 110 valence electrons. The highest BCUT2D eigenvalue weighted by molar-refractivity contribution is 5.89. The number of anilines is 1. The molecule has 0 unspecified atom stereocenters. The van der Waals surface area contributed by atoms with E-state index in [1.807, 2.05) is 6.07 Å². The summed E-state index contributed by atoms with van der Waals surface area (Å²) in [6.45, 7) is 4.18. The Bertz CT molecular complexity index is 656. The van der Waals surface area contributed by atoms with Gasteiger partial charge in [0.2, 0.25) is 0 Å². The standard InChI is InChI=1S/C16H19FN4/c17-14-4-1-3-13-15(14)18-11-19-16(13)21-8-2-7-20(9-10-21)12-5-6-12/h1,3-4,11-12H,2,5-10H2. The Labute approximate surface area is 123 Å². The van der Waals surface area contributed by atoms with Gasteiger partial charge in [-0.05, 0) is 31.4 Å². The number of para-hydroxylation sites is 1. The van der Waals surface area contributed by atoms with Crippen LogP contribution in [0.4, 0.5) is 10.2 Å². The van der Waals surface area contributed by atoms with Gasteiger partial charge in [-0.25, -0.2) is 14.4 Å². The average molecular weight is 286 g/mol. The van der Waals surface area contributed by atoms with E-state index >= 15 is 0 Å². The number of hydrogen-bond donors (Lipinski definition) is 0. The fourth-order valence-electron chi connectivity index (χ4n) is 3.24. The Morgan fingerprint density at radius 2 is 1.95 bits per heavy atom. The molecule has 2 aromatic rings. The van der Waals surface area contributed by atoms with E-state index in [4.69, 9.17) is 0 Å². The predicted molar refractivity (Wildman–Crippen MR) is 80.9 cm³/mol. The molecule has 0 amide bonds. The lowest BCUT2D eigenvalue weighted by atomic mass is 10.2. The molecule has 0 N–H and O–H groups in total. The molecule has 5 heteroatoms. The average Bonchev–Trinajstić information content (AvgIpc) is 3.33. The van der Waals surface area contributed by atoms with Crippen molar-refractivity contribution in [2.24, 2.45) is 0 Å². The first-order valence-electron chi connectivity index (χ1n) is 7.71. The van der Waals surface area contributed by atoms with Gasteiger partial charge in [-0.1, -0.05) is 6.07 Å². The van der Waals surface area contributed by atoms with Crippen LogP contribution in [-0.2, 0) is 0 Å². The Hall–Kier alpha value is -1.75. The molecule has 2 aliphatic rings. The van der Waals surface area contributed by atoms with Crippen molar-refractivity contribution in [1.29, 1.82) is 0 Å². The van der Waals surface area contributed by atoms with Gasteiger partial charge < -0.3 is 4.90 Å². The third-order valence-corrected chi connectivity index (χ3v) is 4.49. The molecular weight excluding hydrogens is 267 g/mol. The highest BCUT2D eigenvalue weighted by Crippen LogP contribution is 2.29. The summed E-state index contributed by atoms with van der Waals surface area (Å²) in [5.41, 5.74) is 0.422. The smallest absolute Gasteiger partial charge is 0.149 e. The van der Waals surface area contributed by atoms with E-state index in [0.29, 0.717) is 5.52 Å². The molecule has 0 radical (unpaired) electrons. The van der Waals surface area contributed by atoms with E-state index in [0.717, 1.165) is 43.3 Å². The highest BCUT2D eigenvalue weighted by Gasteiger charge is 2.30. The van der Waals surface area contributed by atoms with Gasteiger partial charge >= 0.3 is 0 Å². The van der Waals surface area contributed by atoms with Crippen molar-refractivity contribution in [2.75, 3.05) is 31.1 Å². The van der Waals surface area contributed by atoms with E-state index in [2.05, 4.69) is 19.8 Å². The summed E-state index contributed by atoms with van der Waals surface area (Å²) < 4.78 is 13.9. The topological polar surface area (TPSA) is 32.3 Å². The number of benzene rings is 1. The van der Waals surface area contributed by atoms with Gasteiger partial charge in [0.25, 0.3) is 0 Å². The van der Waals surface area contributed by atoms with Crippen LogP contribution in [0.25, 0.3) is 10.9 Å². The molecule has 1 aliphatic heterocycles. The minimum atomic E-state index is -0.273. The Kier molecular flexibility index (Phi) is 3.22. The van der Waals surface area contributed by atoms with E-state index in [-0.39, 0.29) is 5.82 Å². The highest BCUT2D eigenvalue weighted by atomic mass is 19.1. The molecule has 1 saturated carbocycles. The lowest BCUT2D eigenvalue weighted by Gasteiger charge is -2.23. The molecule has 1 aliphatic carbocycles. The number of nitrogens with zero attached hydrogens (tertiary/aromatic N) is 4. The first-order valence-corrected chi connectivity index (χ1v) is 7.71. The van der Waals surface area contributed by atoms with Crippen molar-refractivity contribution in [3.63, 3.8) is 0 Å². The Morgan fingerprint density at radius 1 is 1.05 bits per heavy atom. The Balaban J connectivity index is 1.65. The summed E-state index contributed by atoms with van der Waals surface area (Å²) in [7, 11) is 0. The SMILES string of the molecule is Fc1cccc2c(N3CCCN(C4CC4)CC3)ncnc12. The third-order valence-electron chi connectivity index (χ3n) is 4.49. The predicted octanol–water partition coefficient (Wildman–Crippen LogP) is 2.44. The molecule has 21 heavy (non-hydrogen) atoms. The molecule has 2 heterocycles. The van der Waals surface area contributed by atoms with Gasteiger partial charge in [-0.2, -0.15) is 0 Å². The summed E-state index contributed by atoms with van der Waals surface area (Å²) >= 11 is 0. The number of hydrogen-bond acceptors (Lipinski definition) is 4. The van der Waals surface area contributed by atoms with Gasteiger partial charge in [0.05, 0.1) is 0 Å². The molecular formula is C16H19FN4. The van der Waals surface area contributed by atoms with E-state index in [1.54, 1.807) is 6.07 Å². The van der Waals surface area contributed by atoms with E-state index in [1.165, 1.54) is 31.8 Å². The van der Waals surface area contributed by atoms with Crippen LogP contribution in [0.1, 0.15) is 19.3 Å². The van der Waals surface area contributed by atoms with Gasteiger partial charge in [0, 0.05) is 37.6 Å². The van der Waals surface area contributed by atoms with Crippen molar-refractivity contribution < 1.29 is 4.39 Å². The quantitative estimate of drug-likeness (QED) is 0.849. The molecule has 1 aromatic carbocycles. The molecule has 2 fully saturated rings. The molecule has 4 nitrogen and oxygen atoms in total. The molecule has 1 saturated heterocycles. The first-order chi connectivity index (χ1) is 10.3. The normalized spacial score (nSPS) is 20.7. The second-order valence-electron chi connectivity index (χ2n) is 5.94. The van der Waals surface area contributed by atoms with Crippen LogP contribution in [0.15, 0.2) is 24.5 Å². The molecule has 1 aromatic heterocycles. The van der Waals surface area contributed by atoms with Crippen molar-refractivity contribution >= 4 is 16.7 Å². The van der Waals surface area contributed by atoms with Crippen LogP contribution in [-0.4, -0.2) is 47.1 Å². The third kappa shape index (κ3) is 2.46. The van der Waals surface area contributed by atoms with Crippen molar-refractivity contribution in [1.82, 2.24) is 14.9 Å². The fraction of sp³-hybridized carbons (Fsp3) is 0.500. The zero-order chi connectivity index (χ0) is 14.2. The minimum Gasteiger partial charge on any atom is -0.355 e. The van der Waals surface area contributed by atoms with Crippen molar-refractivity contribution in [3.05, 3.63) is 30.3 Å². The van der Waals surface area contributed by atoms with Crippen molar-refractivity contribution in [2.45, 2.75) is 25.3 Å². The zero-order valence-corrected chi connectivity index (χ0v) is 12.0. The number of fused-ring (bicyclic) bond motifs is 1. The summed E-state index contributed by atoms with van der Waals surface area (Å²) in [6.07, 6.45) is 5.31.